The van der Waals surface area contributed by atoms with Gasteiger partial charge in [0.1, 0.15) is 30.0 Å². The van der Waals surface area contributed by atoms with Crippen LogP contribution < -0.4 is 10.1 Å². The van der Waals surface area contributed by atoms with Crippen LogP contribution in [0.4, 0.5) is 4.79 Å². The quantitative estimate of drug-likeness (QED) is 0.0868. The van der Waals surface area contributed by atoms with Gasteiger partial charge < -0.3 is 34.6 Å². The van der Waals surface area contributed by atoms with E-state index in [-0.39, 0.29) is 34.0 Å². The molecule has 270 valence electrons. The van der Waals surface area contributed by atoms with E-state index in [0.29, 0.717) is 13.0 Å². The molecule has 2 saturated heterocycles. The Bertz CT molecular complexity index is 2210. The number of halogens is 1. The molecule has 5 atom stereocenters. The second-order valence-corrected chi connectivity index (χ2v) is 15.6. The van der Waals surface area contributed by atoms with Crippen molar-refractivity contribution in [2.24, 2.45) is 0 Å². The van der Waals surface area contributed by atoms with Crippen molar-refractivity contribution in [3.63, 3.8) is 0 Å². The van der Waals surface area contributed by atoms with E-state index in [4.69, 9.17) is 14.7 Å². The molecule has 3 aliphatic heterocycles. The summed E-state index contributed by atoms with van der Waals surface area (Å²) in [7, 11) is 1.28. The van der Waals surface area contributed by atoms with Gasteiger partial charge in [0.15, 0.2) is 0 Å². The largest absolute Gasteiger partial charge is 0.488 e. The van der Waals surface area contributed by atoms with Crippen LogP contribution in [0, 0.1) is 0 Å². The number of methoxy groups -OCH3 is 1. The van der Waals surface area contributed by atoms with Gasteiger partial charge in [0.2, 0.25) is 11.8 Å². The van der Waals surface area contributed by atoms with Crippen molar-refractivity contribution in [1.82, 2.24) is 35.1 Å². The predicted molar refractivity (Wildman–Crippen MR) is 206 cm³/mol. The molecule has 0 spiro atoms. The van der Waals surface area contributed by atoms with Gasteiger partial charge in [-0.05, 0) is 92.3 Å². The maximum Gasteiger partial charge on any atom is 0.407 e. The number of carbonyl (C=O) groups excluding carboxylic acids is 3. The van der Waals surface area contributed by atoms with Crippen LogP contribution in [0.1, 0.15) is 88.6 Å². The highest BCUT2D eigenvalue weighted by Crippen LogP contribution is 2.44. The highest BCUT2D eigenvalue weighted by Gasteiger charge is 2.40. The number of nitrogens with zero attached hydrogens (tertiary/aromatic N) is 4. The Kier molecular flexibility index (Phi) is 9.08. The van der Waals surface area contributed by atoms with Gasteiger partial charge >= 0.3 is 6.09 Å². The van der Waals surface area contributed by atoms with E-state index in [1.54, 1.807) is 6.92 Å². The number of imidazole rings is 2. The summed E-state index contributed by atoms with van der Waals surface area (Å²) in [5.74, 6) is 2.41. The summed E-state index contributed by atoms with van der Waals surface area (Å²) in [6, 6.07) is 13.9. The number of hydrogen-bond acceptors (Lipinski definition) is 7. The number of aromatic amines is 2. The van der Waals surface area contributed by atoms with Crippen LogP contribution in [0.5, 0.6) is 5.75 Å². The molecule has 0 saturated carbocycles. The number of ether oxygens (including phenoxy) is 2. The van der Waals surface area contributed by atoms with Crippen molar-refractivity contribution in [3.8, 4) is 28.1 Å². The van der Waals surface area contributed by atoms with Crippen LogP contribution in [0.2, 0.25) is 0 Å². The normalized spacial score (nSPS) is 21.6. The van der Waals surface area contributed by atoms with Gasteiger partial charge in [0.25, 0.3) is 0 Å². The lowest BCUT2D eigenvalue weighted by molar-refractivity contribution is -0.136. The first-order valence-corrected chi connectivity index (χ1v) is 19.3. The molecule has 13 heteroatoms. The number of fused-ring (bicyclic) bond motifs is 6. The van der Waals surface area contributed by atoms with Gasteiger partial charge in [0.05, 0.1) is 46.2 Å². The molecule has 8 rings (SSSR count). The van der Waals surface area contributed by atoms with E-state index in [1.807, 2.05) is 29.8 Å². The van der Waals surface area contributed by atoms with Gasteiger partial charge in [-0.1, -0.05) is 47.7 Å². The Hall–Kier alpha value is -4.66. The Labute approximate surface area is 315 Å². The number of aromatic nitrogens is 4. The number of H-pyrrole nitrogens is 2. The maximum atomic E-state index is 13.4. The zero-order valence-electron chi connectivity index (χ0n) is 29.7. The fourth-order valence-electron chi connectivity index (χ4n) is 8.15. The third kappa shape index (κ3) is 5.96. The van der Waals surface area contributed by atoms with Crippen molar-refractivity contribution in [2.75, 3.05) is 7.11 Å². The molecule has 0 aliphatic carbocycles. The highest BCUT2D eigenvalue weighted by molar-refractivity contribution is 14.1. The first kappa shape index (κ1) is 34.4. The number of alkyl halides is 1. The van der Waals surface area contributed by atoms with E-state index >= 15 is 0 Å². The summed E-state index contributed by atoms with van der Waals surface area (Å²) in [4.78, 5) is 58.8. The third-order valence-corrected chi connectivity index (χ3v) is 12.0. The second kappa shape index (κ2) is 13.7. The molecule has 12 nitrogen and oxygen atoms in total. The molecule has 3 aromatic carbocycles. The summed E-state index contributed by atoms with van der Waals surface area (Å²) >= 11 is 2.39. The molecule has 52 heavy (non-hydrogen) atoms. The molecule has 5 aromatic rings. The van der Waals surface area contributed by atoms with E-state index in [1.165, 1.54) is 7.11 Å². The minimum absolute atomic E-state index is 0.0128. The van der Waals surface area contributed by atoms with Crippen molar-refractivity contribution in [3.05, 3.63) is 65.9 Å². The summed E-state index contributed by atoms with van der Waals surface area (Å²) in [5, 5.41) is 4.72. The zero-order valence-corrected chi connectivity index (χ0v) is 31.8. The molecule has 0 radical (unpaired) electrons. The second-order valence-electron chi connectivity index (χ2n) is 14.1. The number of likely N-dealkylation sites (tertiary alicyclic amines) is 2. The summed E-state index contributed by atoms with van der Waals surface area (Å²) < 4.78 is 11.3. The van der Waals surface area contributed by atoms with Gasteiger partial charge in [-0.3, -0.25) is 9.59 Å². The lowest BCUT2D eigenvalue weighted by atomic mass is 9.92. The Morgan fingerprint density at radius 3 is 2.63 bits per heavy atom. The van der Waals surface area contributed by atoms with Crippen molar-refractivity contribution in [2.45, 2.75) is 94.1 Å². The number of benzene rings is 3. The number of rotatable bonds is 7. The summed E-state index contributed by atoms with van der Waals surface area (Å²) in [6.45, 7) is 6.16. The number of amides is 3. The molecule has 3 amide bonds. The average Bonchev–Trinajstić information content (AvgIpc) is 3.96. The Morgan fingerprint density at radius 2 is 1.83 bits per heavy atom. The van der Waals surface area contributed by atoms with Crippen LogP contribution in [0.15, 0.2) is 48.7 Å². The minimum atomic E-state index is -0.720. The van der Waals surface area contributed by atoms with Crippen LogP contribution in [0.25, 0.3) is 44.2 Å². The van der Waals surface area contributed by atoms with Crippen LogP contribution in [-0.4, -0.2) is 70.9 Å². The fourth-order valence-corrected chi connectivity index (χ4v) is 9.20. The SMILES string of the molecule is CCCC(=O)N1[C@@H](I)CC[C@H]1c1nc2ccc3cc4c(cc3c2[nH]1)OCc1cc(-c2cnc(C3CC[C@H](C)N3C(=O)[C@H](C)NC(=O)OC)[nH]2)ccc1-4. The fraction of sp³-hybridized carbons (Fsp3) is 0.410. The van der Waals surface area contributed by atoms with E-state index in [2.05, 4.69) is 85.1 Å². The summed E-state index contributed by atoms with van der Waals surface area (Å²) in [5.41, 5.74) is 6.91. The summed E-state index contributed by atoms with van der Waals surface area (Å²) in [6.07, 6.45) is 6.03. The first-order valence-electron chi connectivity index (χ1n) is 18.0. The Morgan fingerprint density at radius 1 is 1.02 bits per heavy atom. The lowest BCUT2D eigenvalue weighted by Crippen LogP contribution is -2.48. The maximum absolute atomic E-state index is 13.4. The molecule has 5 heterocycles. The average molecular weight is 816 g/mol. The van der Waals surface area contributed by atoms with Gasteiger partial charge in [-0.25, -0.2) is 14.8 Å². The van der Waals surface area contributed by atoms with Gasteiger partial charge in [0, 0.05) is 23.4 Å². The van der Waals surface area contributed by atoms with Crippen LogP contribution >= 0.6 is 22.6 Å². The molecule has 3 aliphatic rings. The highest BCUT2D eigenvalue weighted by atomic mass is 127. The smallest absolute Gasteiger partial charge is 0.407 e. The molecular formula is C39H42IN7O5. The van der Waals surface area contributed by atoms with Crippen molar-refractivity contribution >= 4 is 62.3 Å². The minimum Gasteiger partial charge on any atom is -0.488 e. The van der Waals surface area contributed by atoms with E-state index in [9.17, 15) is 14.4 Å². The molecule has 1 unspecified atom stereocenters. The molecular weight excluding hydrogens is 773 g/mol. The van der Waals surface area contributed by atoms with Crippen molar-refractivity contribution in [1.29, 1.82) is 0 Å². The number of nitrogens with one attached hydrogen (secondary N) is 3. The molecule has 3 N–H and O–H groups in total. The topological polar surface area (TPSA) is 146 Å². The predicted octanol–water partition coefficient (Wildman–Crippen LogP) is 7.69. The third-order valence-electron chi connectivity index (χ3n) is 10.8. The monoisotopic (exact) mass is 815 g/mol. The first-order chi connectivity index (χ1) is 25.1. The van der Waals surface area contributed by atoms with Crippen molar-refractivity contribution < 1.29 is 23.9 Å². The van der Waals surface area contributed by atoms with Gasteiger partial charge in [-0.15, -0.1) is 0 Å². The standard InChI is InChI=1S/C39H42IN7O5/c1-5-6-34(48)47-31(13-14-33(47)40)37-43-28-11-9-22-16-27-25-10-8-23(15-24(25)19-52-32(27)17-26(22)35(28)45-37)29-18-41-36(44-29)30-12-7-20(2)46(30)38(49)21(3)42-39(50)51-4/h8-11,15-18,20-21,30-31,33H,5-7,12-14,19H2,1-4H3,(H,41,44)(H,42,50)(H,43,45)/t20-,21-,30?,31-,33+/m0/s1. The number of hydrogen-bond donors (Lipinski definition) is 3. The van der Waals surface area contributed by atoms with Crippen LogP contribution in [0.3, 0.4) is 0 Å². The van der Waals surface area contributed by atoms with E-state index in [0.717, 1.165) is 99.3 Å². The zero-order chi connectivity index (χ0) is 36.3. The molecule has 0 bridgehead atoms. The Balaban J connectivity index is 1.06. The van der Waals surface area contributed by atoms with Gasteiger partial charge in [-0.2, -0.15) is 0 Å². The molecule has 2 aromatic heterocycles. The number of alkyl carbamates (subject to hydrolysis) is 1. The van der Waals surface area contributed by atoms with Crippen LogP contribution in [-0.2, 0) is 20.9 Å². The number of carbonyl (C=O) groups is 3. The lowest BCUT2D eigenvalue weighted by Gasteiger charge is -2.30. The van der Waals surface area contributed by atoms with E-state index < -0.39 is 12.1 Å². The molecule has 2 fully saturated rings.